The Morgan fingerprint density at radius 3 is 2.38 bits per heavy atom. The summed E-state index contributed by atoms with van der Waals surface area (Å²) < 4.78 is 15.6. The Bertz CT molecular complexity index is 806. The summed E-state index contributed by atoms with van der Waals surface area (Å²) in [5.41, 5.74) is 0.739. The van der Waals surface area contributed by atoms with Crippen molar-refractivity contribution >= 4 is 11.6 Å². The van der Waals surface area contributed by atoms with E-state index in [1.54, 1.807) is 25.1 Å². The molecular formula is C18H20N2O6. The van der Waals surface area contributed by atoms with E-state index in [9.17, 15) is 14.9 Å². The van der Waals surface area contributed by atoms with E-state index in [4.69, 9.17) is 14.2 Å². The first-order chi connectivity index (χ1) is 12.5. The molecule has 0 aliphatic rings. The summed E-state index contributed by atoms with van der Waals surface area (Å²) in [6.07, 6.45) is 0. The van der Waals surface area contributed by atoms with Crippen molar-refractivity contribution in [3.8, 4) is 17.2 Å². The minimum Gasteiger partial charge on any atom is -0.493 e. The summed E-state index contributed by atoms with van der Waals surface area (Å²) in [5, 5.41) is 13.9. The van der Waals surface area contributed by atoms with Crippen molar-refractivity contribution in [2.24, 2.45) is 0 Å². The van der Waals surface area contributed by atoms with Crippen LogP contribution in [0.15, 0.2) is 36.4 Å². The normalized spacial score (nSPS) is 10.1. The van der Waals surface area contributed by atoms with Gasteiger partial charge in [0, 0.05) is 18.2 Å². The Hall–Kier alpha value is -3.29. The van der Waals surface area contributed by atoms with E-state index in [0.717, 1.165) is 5.56 Å². The fourth-order valence-corrected chi connectivity index (χ4v) is 2.35. The van der Waals surface area contributed by atoms with Gasteiger partial charge >= 0.3 is 5.69 Å². The number of carbonyl (C=O) groups is 1. The van der Waals surface area contributed by atoms with E-state index < -0.39 is 10.8 Å². The van der Waals surface area contributed by atoms with Crippen molar-refractivity contribution in [1.29, 1.82) is 0 Å². The predicted octanol–water partition coefficient (Wildman–Crippen LogP) is 2.94. The number of hydrogen-bond acceptors (Lipinski definition) is 6. The van der Waals surface area contributed by atoms with Crippen LogP contribution in [0.25, 0.3) is 0 Å². The maximum atomic E-state index is 12.3. The highest BCUT2D eigenvalue weighted by atomic mass is 16.6. The summed E-state index contributed by atoms with van der Waals surface area (Å²) in [4.78, 5) is 22.9. The summed E-state index contributed by atoms with van der Waals surface area (Å²) >= 11 is 0. The topological polar surface area (TPSA) is 99.9 Å². The first kappa shape index (κ1) is 19.0. The third-order valence-electron chi connectivity index (χ3n) is 3.62. The number of benzene rings is 2. The first-order valence-electron chi connectivity index (χ1n) is 7.90. The summed E-state index contributed by atoms with van der Waals surface area (Å²) in [6.45, 7) is 2.26. The summed E-state index contributed by atoms with van der Waals surface area (Å²) in [5.74, 6) is 0.848. The van der Waals surface area contributed by atoms with Gasteiger partial charge in [-0.05, 0) is 36.8 Å². The van der Waals surface area contributed by atoms with Crippen molar-refractivity contribution in [1.82, 2.24) is 5.32 Å². The molecule has 0 saturated heterocycles. The van der Waals surface area contributed by atoms with Gasteiger partial charge in [-0.25, -0.2) is 0 Å². The highest BCUT2D eigenvalue weighted by Crippen LogP contribution is 2.29. The number of hydrogen-bond donors (Lipinski definition) is 1. The fourth-order valence-electron chi connectivity index (χ4n) is 2.35. The van der Waals surface area contributed by atoms with E-state index in [1.165, 1.54) is 32.4 Å². The van der Waals surface area contributed by atoms with Crippen molar-refractivity contribution in [2.75, 3.05) is 20.8 Å². The Morgan fingerprint density at radius 2 is 1.77 bits per heavy atom. The minimum absolute atomic E-state index is 0.133. The smallest absolute Gasteiger partial charge is 0.311 e. The summed E-state index contributed by atoms with van der Waals surface area (Å²) in [6, 6.07) is 9.40. The molecule has 0 saturated carbocycles. The lowest BCUT2D eigenvalue weighted by Gasteiger charge is -2.11. The van der Waals surface area contributed by atoms with Crippen LogP contribution in [0.2, 0.25) is 0 Å². The molecule has 0 radical (unpaired) electrons. The SMILES string of the molecule is CCOc1ccc(C(=O)NCc2ccc(OC)c(OC)c2)cc1[N+](=O)[O-]. The number of methoxy groups -OCH3 is 2. The van der Waals surface area contributed by atoms with Crippen LogP contribution in [0, 0.1) is 10.1 Å². The van der Waals surface area contributed by atoms with Gasteiger partial charge in [0.05, 0.1) is 25.7 Å². The second kappa shape index (κ2) is 8.70. The molecule has 2 aromatic carbocycles. The van der Waals surface area contributed by atoms with Gasteiger partial charge in [0.25, 0.3) is 5.91 Å². The molecule has 1 N–H and O–H groups in total. The second-order valence-electron chi connectivity index (χ2n) is 5.24. The molecule has 8 heteroatoms. The first-order valence-corrected chi connectivity index (χ1v) is 7.90. The van der Waals surface area contributed by atoms with E-state index in [-0.39, 0.29) is 23.5 Å². The molecule has 138 valence electrons. The van der Waals surface area contributed by atoms with Crippen molar-refractivity contribution in [2.45, 2.75) is 13.5 Å². The number of rotatable bonds is 8. The number of nitrogens with zero attached hydrogens (tertiary/aromatic N) is 1. The number of carbonyl (C=O) groups excluding carboxylic acids is 1. The molecule has 2 rings (SSSR count). The molecule has 0 atom stereocenters. The van der Waals surface area contributed by atoms with E-state index in [0.29, 0.717) is 18.1 Å². The zero-order chi connectivity index (χ0) is 19.1. The highest BCUT2D eigenvalue weighted by molar-refractivity contribution is 5.95. The monoisotopic (exact) mass is 360 g/mol. The van der Waals surface area contributed by atoms with E-state index in [1.807, 2.05) is 0 Å². The lowest BCUT2D eigenvalue weighted by atomic mass is 10.1. The summed E-state index contributed by atoms with van der Waals surface area (Å²) in [7, 11) is 3.07. The van der Waals surface area contributed by atoms with Crippen LogP contribution >= 0.6 is 0 Å². The molecular weight excluding hydrogens is 340 g/mol. The molecule has 1 amide bonds. The molecule has 26 heavy (non-hydrogen) atoms. The van der Waals surface area contributed by atoms with Crippen LogP contribution < -0.4 is 19.5 Å². The van der Waals surface area contributed by atoms with Gasteiger partial charge in [-0.1, -0.05) is 6.07 Å². The fraction of sp³-hybridized carbons (Fsp3) is 0.278. The van der Waals surface area contributed by atoms with Crippen LogP contribution in [0.1, 0.15) is 22.8 Å². The average molecular weight is 360 g/mol. The second-order valence-corrected chi connectivity index (χ2v) is 5.24. The average Bonchev–Trinajstić information content (AvgIpc) is 2.66. The number of nitrogens with one attached hydrogen (secondary N) is 1. The van der Waals surface area contributed by atoms with Crippen LogP contribution in [0.3, 0.4) is 0 Å². The molecule has 0 aliphatic carbocycles. The van der Waals surface area contributed by atoms with Crippen molar-refractivity contribution in [3.63, 3.8) is 0 Å². The molecule has 2 aromatic rings. The Morgan fingerprint density at radius 1 is 1.08 bits per heavy atom. The molecule has 8 nitrogen and oxygen atoms in total. The number of nitro groups is 1. The molecule has 0 heterocycles. The van der Waals surface area contributed by atoms with Crippen LogP contribution in [0.4, 0.5) is 5.69 Å². The number of amides is 1. The highest BCUT2D eigenvalue weighted by Gasteiger charge is 2.18. The van der Waals surface area contributed by atoms with Gasteiger partial charge in [-0.3, -0.25) is 14.9 Å². The Labute approximate surface area is 150 Å². The van der Waals surface area contributed by atoms with Gasteiger partial charge < -0.3 is 19.5 Å². The van der Waals surface area contributed by atoms with Crippen molar-refractivity contribution in [3.05, 3.63) is 57.6 Å². The zero-order valence-corrected chi connectivity index (χ0v) is 14.8. The lowest BCUT2D eigenvalue weighted by molar-refractivity contribution is -0.385. The van der Waals surface area contributed by atoms with Gasteiger partial charge in [-0.15, -0.1) is 0 Å². The third-order valence-corrected chi connectivity index (χ3v) is 3.62. The van der Waals surface area contributed by atoms with Crippen LogP contribution in [0.5, 0.6) is 17.2 Å². The zero-order valence-electron chi connectivity index (χ0n) is 14.8. The number of nitro benzene ring substituents is 1. The van der Waals surface area contributed by atoms with Gasteiger partial charge in [0.1, 0.15) is 0 Å². The minimum atomic E-state index is -0.573. The largest absolute Gasteiger partial charge is 0.493 e. The maximum Gasteiger partial charge on any atom is 0.311 e. The lowest BCUT2D eigenvalue weighted by Crippen LogP contribution is -2.23. The van der Waals surface area contributed by atoms with Gasteiger partial charge in [0.2, 0.25) is 0 Å². The molecule has 0 bridgehead atoms. The quantitative estimate of drug-likeness (QED) is 0.574. The standard InChI is InChI=1S/C18H20N2O6/c1-4-26-15-8-6-13(10-14(15)20(22)23)18(21)19-11-12-5-7-16(24-2)17(9-12)25-3/h5-10H,4,11H2,1-3H3,(H,19,21). The molecule has 0 aliphatic heterocycles. The van der Waals surface area contributed by atoms with E-state index >= 15 is 0 Å². The molecule has 0 fully saturated rings. The predicted molar refractivity (Wildman–Crippen MR) is 95.0 cm³/mol. The maximum absolute atomic E-state index is 12.3. The Kier molecular flexibility index (Phi) is 6.37. The van der Waals surface area contributed by atoms with Gasteiger partial charge in [0.15, 0.2) is 17.2 Å². The molecule has 0 aromatic heterocycles. The molecule has 0 spiro atoms. The van der Waals surface area contributed by atoms with Crippen molar-refractivity contribution < 1.29 is 23.9 Å². The van der Waals surface area contributed by atoms with Crippen LogP contribution in [-0.2, 0) is 6.54 Å². The van der Waals surface area contributed by atoms with E-state index in [2.05, 4.69) is 5.32 Å². The van der Waals surface area contributed by atoms with Crippen LogP contribution in [-0.4, -0.2) is 31.7 Å². The third kappa shape index (κ3) is 4.41. The molecule has 0 unspecified atom stereocenters. The Balaban J connectivity index is 2.13. The number of ether oxygens (including phenoxy) is 3. The van der Waals surface area contributed by atoms with Gasteiger partial charge in [-0.2, -0.15) is 0 Å².